The van der Waals surface area contributed by atoms with Gasteiger partial charge in [-0.3, -0.25) is 4.79 Å². The maximum absolute atomic E-state index is 11.0. The van der Waals surface area contributed by atoms with Gasteiger partial charge in [-0.1, -0.05) is 44.2 Å². The summed E-state index contributed by atoms with van der Waals surface area (Å²) in [5, 5.41) is 0. The molecule has 0 aromatic heterocycles. The van der Waals surface area contributed by atoms with E-state index in [4.69, 9.17) is 0 Å². The van der Waals surface area contributed by atoms with E-state index in [-0.39, 0.29) is 0 Å². The predicted octanol–water partition coefficient (Wildman–Crippen LogP) is 3.55. The van der Waals surface area contributed by atoms with E-state index in [1.165, 1.54) is 5.56 Å². The highest BCUT2D eigenvalue weighted by Gasteiger charge is 2.22. The number of rotatable bonds is 1. The van der Waals surface area contributed by atoms with Crippen molar-refractivity contribution in [3.63, 3.8) is 0 Å². The zero-order chi connectivity index (χ0) is 10.4. The number of carbonyl (C=O) groups excluding carboxylic acids is 1. The van der Waals surface area contributed by atoms with Crippen LogP contribution in [-0.2, 0) is 4.79 Å². The molecular weight excluding hydrogens is 172 g/mol. The number of Topliss-reactive ketones (excluding diaryl/α,β-unsaturated/α-hetero) is 1. The Hall–Kier alpha value is -1.11. The third kappa shape index (κ3) is 2.69. The number of benzene rings is 1. The Morgan fingerprint density at radius 1 is 1.14 bits per heavy atom. The fraction of sp³-hybridized carbons (Fsp3) is 0.462. The van der Waals surface area contributed by atoms with Gasteiger partial charge in [0.2, 0.25) is 0 Å². The van der Waals surface area contributed by atoms with Gasteiger partial charge in [-0.25, -0.2) is 0 Å². The summed E-state index contributed by atoms with van der Waals surface area (Å²) in [5.74, 6) is 0.919. The zero-order valence-electron chi connectivity index (χ0n) is 8.99. The summed E-state index contributed by atoms with van der Waals surface area (Å²) >= 11 is 0. The molecule has 1 unspecified atom stereocenters. The van der Waals surface area contributed by atoms with Gasteiger partial charge in [-0.2, -0.15) is 0 Å². The Morgan fingerprint density at radius 2 is 1.79 bits per heavy atom. The van der Waals surface area contributed by atoms with Crippen LogP contribution < -0.4 is 0 Å². The van der Waals surface area contributed by atoms with E-state index < -0.39 is 0 Å². The van der Waals surface area contributed by atoms with Crippen LogP contribution in [0.4, 0.5) is 0 Å². The molecule has 0 bridgehead atoms. The highest BCUT2D eigenvalue weighted by molar-refractivity contribution is 5.81. The van der Waals surface area contributed by atoms with Gasteiger partial charge in [0.15, 0.2) is 0 Å². The van der Waals surface area contributed by atoms with E-state index >= 15 is 0 Å². The van der Waals surface area contributed by atoms with Crippen LogP contribution in [0.25, 0.3) is 0 Å². The molecule has 0 spiro atoms. The number of hydrogen-bond donors (Lipinski definition) is 0. The van der Waals surface area contributed by atoms with E-state index in [2.05, 4.69) is 12.1 Å². The lowest BCUT2D eigenvalue weighted by Crippen LogP contribution is -1.93. The molecule has 1 aromatic carbocycles. The molecule has 0 heterocycles. The standard InChI is InChI=1S/C11H12O.C2H6/c12-11-7-6-10(8-11)9-4-2-1-3-5-9;1-2/h1-5,10H,6-8H2;1-2H3. The second-order valence-corrected chi connectivity index (χ2v) is 3.39. The highest BCUT2D eigenvalue weighted by atomic mass is 16.1. The molecule has 0 saturated heterocycles. The Bertz CT molecular complexity index is 277. The van der Waals surface area contributed by atoms with Gasteiger partial charge in [0.05, 0.1) is 0 Å². The first-order valence-electron chi connectivity index (χ1n) is 5.43. The van der Waals surface area contributed by atoms with Crippen LogP contribution >= 0.6 is 0 Å². The Morgan fingerprint density at radius 3 is 2.29 bits per heavy atom. The minimum atomic E-state index is 0.420. The van der Waals surface area contributed by atoms with Crippen LogP contribution in [0.2, 0.25) is 0 Å². The second kappa shape index (κ2) is 5.58. The lowest BCUT2D eigenvalue weighted by atomic mass is 9.98. The van der Waals surface area contributed by atoms with Crippen LogP contribution in [0, 0.1) is 0 Å². The number of carbonyl (C=O) groups is 1. The number of ketones is 1. The van der Waals surface area contributed by atoms with Gasteiger partial charge in [0.25, 0.3) is 0 Å². The molecular formula is C13H18O. The maximum atomic E-state index is 11.0. The van der Waals surface area contributed by atoms with Crippen molar-refractivity contribution in [3.05, 3.63) is 35.9 Å². The van der Waals surface area contributed by atoms with Crippen LogP contribution in [-0.4, -0.2) is 5.78 Å². The van der Waals surface area contributed by atoms with Gasteiger partial charge in [-0.05, 0) is 17.9 Å². The van der Waals surface area contributed by atoms with E-state index in [9.17, 15) is 4.79 Å². The van der Waals surface area contributed by atoms with Crippen molar-refractivity contribution >= 4 is 5.78 Å². The molecule has 1 saturated carbocycles. The molecule has 2 rings (SSSR count). The fourth-order valence-electron chi connectivity index (χ4n) is 1.82. The summed E-state index contributed by atoms with van der Waals surface area (Å²) in [6, 6.07) is 10.3. The van der Waals surface area contributed by atoms with Crippen LogP contribution in [0.3, 0.4) is 0 Å². The molecule has 1 atom stereocenters. The molecule has 76 valence electrons. The minimum absolute atomic E-state index is 0.420. The molecule has 0 aliphatic heterocycles. The van der Waals surface area contributed by atoms with E-state index in [1.807, 2.05) is 32.0 Å². The Balaban J connectivity index is 0.000000461. The lowest BCUT2D eigenvalue weighted by Gasteiger charge is -2.06. The fourth-order valence-corrected chi connectivity index (χ4v) is 1.82. The summed E-state index contributed by atoms with van der Waals surface area (Å²) in [5.41, 5.74) is 1.32. The average Bonchev–Trinajstić information content (AvgIpc) is 2.69. The molecule has 1 aromatic rings. The van der Waals surface area contributed by atoms with Crippen LogP contribution in [0.15, 0.2) is 30.3 Å². The third-order valence-electron chi connectivity index (χ3n) is 2.52. The topological polar surface area (TPSA) is 17.1 Å². The van der Waals surface area contributed by atoms with Gasteiger partial charge in [-0.15, -0.1) is 0 Å². The van der Waals surface area contributed by atoms with E-state index in [0.29, 0.717) is 11.7 Å². The van der Waals surface area contributed by atoms with Gasteiger partial charge < -0.3 is 0 Å². The summed E-state index contributed by atoms with van der Waals surface area (Å²) in [4.78, 5) is 11.0. The van der Waals surface area contributed by atoms with Gasteiger partial charge >= 0.3 is 0 Å². The van der Waals surface area contributed by atoms with Crippen molar-refractivity contribution in [2.45, 2.75) is 39.0 Å². The van der Waals surface area contributed by atoms with Crippen LogP contribution in [0.5, 0.6) is 0 Å². The molecule has 1 aliphatic rings. The van der Waals surface area contributed by atoms with Crippen molar-refractivity contribution < 1.29 is 4.79 Å². The summed E-state index contributed by atoms with van der Waals surface area (Å²) in [6.07, 6.45) is 2.58. The van der Waals surface area contributed by atoms with Crippen LogP contribution in [0.1, 0.15) is 44.6 Å². The van der Waals surface area contributed by atoms with Crippen molar-refractivity contribution in [2.75, 3.05) is 0 Å². The molecule has 1 heteroatoms. The molecule has 1 nitrogen and oxygen atoms in total. The molecule has 1 aliphatic carbocycles. The Kier molecular flexibility index (Phi) is 4.37. The van der Waals surface area contributed by atoms with Crippen molar-refractivity contribution in [1.82, 2.24) is 0 Å². The smallest absolute Gasteiger partial charge is 0.133 e. The second-order valence-electron chi connectivity index (χ2n) is 3.39. The average molecular weight is 190 g/mol. The molecule has 1 fully saturated rings. The monoisotopic (exact) mass is 190 g/mol. The lowest BCUT2D eigenvalue weighted by molar-refractivity contribution is -0.117. The van der Waals surface area contributed by atoms with Gasteiger partial charge in [0.1, 0.15) is 5.78 Å². The largest absolute Gasteiger partial charge is 0.300 e. The summed E-state index contributed by atoms with van der Waals surface area (Å²) in [7, 11) is 0. The first-order valence-corrected chi connectivity index (χ1v) is 5.43. The molecule has 0 amide bonds. The predicted molar refractivity (Wildman–Crippen MR) is 59.4 cm³/mol. The van der Waals surface area contributed by atoms with E-state index in [1.54, 1.807) is 0 Å². The summed E-state index contributed by atoms with van der Waals surface area (Å²) in [6.45, 7) is 4.00. The molecule has 0 radical (unpaired) electrons. The molecule has 0 N–H and O–H groups in total. The number of hydrogen-bond acceptors (Lipinski definition) is 1. The van der Waals surface area contributed by atoms with Crippen molar-refractivity contribution in [1.29, 1.82) is 0 Å². The maximum Gasteiger partial charge on any atom is 0.133 e. The highest BCUT2D eigenvalue weighted by Crippen LogP contribution is 2.31. The molecule has 14 heavy (non-hydrogen) atoms. The third-order valence-corrected chi connectivity index (χ3v) is 2.52. The SMILES string of the molecule is CC.O=C1CCC(c2ccccc2)C1. The van der Waals surface area contributed by atoms with Gasteiger partial charge in [0, 0.05) is 12.8 Å². The van der Waals surface area contributed by atoms with Crippen molar-refractivity contribution in [3.8, 4) is 0 Å². The van der Waals surface area contributed by atoms with E-state index in [0.717, 1.165) is 19.3 Å². The van der Waals surface area contributed by atoms with Crippen molar-refractivity contribution in [2.24, 2.45) is 0 Å². The quantitative estimate of drug-likeness (QED) is 0.662. The normalized spacial score (nSPS) is 20.1. The first kappa shape index (κ1) is 11.0. The minimum Gasteiger partial charge on any atom is -0.300 e. The Labute approximate surface area is 86.1 Å². The summed E-state index contributed by atoms with van der Waals surface area (Å²) < 4.78 is 0. The first-order chi connectivity index (χ1) is 6.86. The zero-order valence-corrected chi connectivity index (χ0v) is 8.99.